The first-order valence-electron chi connectivity index (χ1n) is 4.89. The highest BCUT2D eigenvalue weighted by Crippen LogP contribution is 2.30. The maximum Gasteiger partial charge on any atom is 0.420 e. The molecule has 0 aliphatic rings. The molecule has 0 unspecified atom stereocenters. The van der Waals surface area contributed by atoms with Crippen LogP contribution in [0.1, 0.15) is 20.8 Å². The Bertz CT molecular complexity index is 563. The molecule has 0 N–H and O–H groups in total. The van der Waals surface area contributed by atoms with E-state index in [0.29, 0.717) is 5.00 Å². The summed E-state index contributed by atoms with van der Waals surface area (Å²) in [6.45, 7) is 5.13. The van der Waals surface area contributed by atoms with Gasteiger partial charge in [0.1, 0.15) is 16.1 Å². The summed E-state index contributed by atoms with van der Waals surface area (Å²) in [7, 11) is -2.49. The van der Waals surface area contributed by atoms with E-state index in [1.165, 1.54) is 11.3 Å². The lowest BCUT2D eigenvalue weighted by atomic mass is 10.2. The van der Waals surface area contributed by atoms with Gasteiger partial charge in [0.05, 0.1) is 3.79 Å². The van der Waals surface area contributed by atoms with Crippen LogP contribution in [0.2, 0.25) is 0 Å². The minimum absolute atomic E-state index is 0.459. The summed E-state index contributed by atoms with van der Waals surface area (Å²) in [6, 6.07) is 3.35. The Morgan fingerprint density at radius 1 is 1.44 bits per heavy atom. The standard InChI is InChI=1S/C10H12BrNO4S2/c1-10(2,3)16-9(13)12(6-18(14)15)8-5-4-7(11)17-8/h4-6H,1-3H3. The normalized spacial score (nSPS) is 10.9. The van der Waals surface area contributed by atoms with Gasteiger partial charge < -0.3 is 4.74 Å². The smallest absolute Gasteiger partial charge is 0.420 e. The SMILES string of the molecule is CC(C)(C)OC(=O)N(C=S(=O)=O)c1ccc(Br)s1. The van der Waals surface area contributed by atoms with Gasteiger partial charge in [0.15, 0.2) is 0 Å². The van der Waals surface area contributed by atoms with Crippen LogP contribution in [0.25, 0.3) is 0 Å². The first kappa shape index (κ1) is 15.2. The van der Waals surface area contributed by atoms with Crippen molar-refractivity contribution in [3.8, 4) is 0 Å². The molecule has 0 aliphatic carbocycles. The number of carbonyl (C=O) groups is 1. The Labute approximate surface area is 119 Å². The number of hydrogen-bond donors (Lipinski definition) is 0. The highest BCUT2D eigenvalue weighted by Gasteiger charge is 2.23. The van der Waals surface area contributed by atoms with Crippen LogP contribution in [0.5, 0.6) is 0 Å². The second kappa shape index (κ2) is 5.85. The molecule has 0 saturated heterocycles. The number of ether oxygens (including phenoxy) is 1. The Hall–Kier alpha value is -0.860. The molecule has 0 radical (unpaired) electrons. The zero-order chi connectivity index (χ0) is 13.9. The van der Waals surface area contributed by atoms with Crippen LogP contribution in [-0.2, 0) is 15.0 Å². The molecule has 1 heterocycles. The summed E-state index contributed by atoms with van der Waals surface area (Å²) >= 11 is 4.48. The van der Waals surface area contributed by atoms with E-state index in [1.54, 1.807) is 32.9 Å². The molecule has 0 spiro atoms. The predicted molar refractivity (Wildman–Crippen MR) is 75.7 cm³/mol. The molecule has 0 aliphatic heterocycles. The fourth-order valence-corrected chi connectivity index (χ4v) is 2.78. The van der Waals surface area contributed by atoms with Crippen molar-refractivity contribution in [2.45, 2.75) is 26.4 Å². The quantitative estimate of drug-likeness (QED) is 0.766. The monoisotopic (exact) mass is 353 g/mol. The van der Waals surface area contributed by atoms with Crippen LogP contribution in [0.3, 0.4) is 0 Å². The number of carbonyl (C=O) groups excluding carboxylic acids is 1. The second-order valence-electron chi connectivity index (χ2n) is 4.29. The van der Waals surface area contributed by atoms with Crippen LogP contribution in [0, 0.1) is 0 Å². The number of anilines is 1. The van der Waals surface area contributed by atoms with Crippen LogP contribution in [0.4, 0.5) is 9.80 Å². The van der Waals surface area contributed by atoms with Crippen molar-refractivity contribution >= 4 is 54.1 Å². The molecule has 8 heteroatoms. The molecule has 0 fully saturated rings. The molecule has 0 aromatic carbocycles. The van der Waals surface area contributed by atoms with E-state index in [4.69, 9.17) is 4.74 Å². The lowest BCUT2D eigenvalue weighted by Gasteiger charge is -2.23. The zero-order valence-corrected chi connectivity index (χ0v) is 13.2. The van der Waals surface area contributed by atoms with E-state index in [9.17, 15) is 13.2 Å². The molecule has 100 valence electrons. The van der Waals surface area contributed by atoms with E-state index in [1.807, 2.05) is 0 Å². The third-order valence-corrected chi connectivity index (χ3v) is 3.58. The van der Waals surface area contributed by atoms with Crippen molar-refractivity contribution in [3.63, 3.8) is 0 Å². The average molecular weight is 354 g/mol. The highest BCUT2D eigenvalue weighted by molar-refractivity contribution is 9.11. The van der Waals surface area contributed by atoms with Gasteiger partial charge in [0.2, 0.25) is 10.3 Å². The van der Waals surface area contributed by atoms with Gasteiger partial charge >= 0.3 is 6.09 Å². The number of hydrogen-bond acceptors (Lipinski definition) is 5. The first-order valence-corrected chi connectivity index (χ1v) is 7.64. The van der Waals surface area contributed by atoms with Gasteiger partial charge in [-0.3, -0.25) is 0 Å². The Morgan fingerprint density at radius 3 is 2.44 bits per heavy atom. The number of halogens is 1. The molecule has 18 heavy (non-hydrogen) atoms. The van der Waals surface area contributed by atoms with E-state index in [2.05, 4.69) is 15.9 Å². The molecule has 5 nitrogen and oxygen atoms in total. The molecule has 1 aromatic heterocycles. The number of amides is 1. The third kappa shape index (κ3) is 4.79. The van der Waals surface area contributed by atoms with Gasteiger partial charge in [-0.15, -0.1) is 11.3 Å². The fourth-order valence-electron chi connectivity index (χ4n) is 1.02. The van der Waals surface area contributed by atoms with Crippen LogP contribution in [0.15, 0.2) is 15.9 Å². The van der Waals surface area contributed by atoms with Crippen molar-refractivity contribution in [1.29, 1.82) is 0 Å². The molecule has 1 rings (SSSR count). The molecular formula is C10H12BrNO4S2. The molecule has 0 atom stereocenters. The largest absolute Gasteiger partial charge is 0.443 e. The summed E-state index contributed by atoms with van der Waals surface area (Å²) in [5.74, 6) is 0. The summed E-state index contributed by atoms with van der Waals surface area (Å²) in [5, 5.41) is 0.459. The third-order valence-electron chi connectivity index (χ3n) is 1.58. The van der Waals surface area contributed by atoms with Crippen LogP contribution in [-0.4, -0.2) is 25.6 Å². The molecule has 1 aromatic rings. The van der Waals surface area contributed by atoms with E-state index in [-0.39, 0.29) is 0 Å². The topological polar surface area (TPSA) is 63.7 Å². The Balaban J connectivity index is 3.07. The van der Waals surface area contributed by atoms with Crippen LogP contribution < -0.4 is 4.90 Å². The van der Waals surface area contributed by atoms with E-state index in [0.717, 1.165) is 14.2 Å². The maximum atomic E-state index is 11.9. The second-order valence-corrected chi connectivity index (χ2v) is 7.47. The van der Waals surface area contributed by atoms with Gasteiger partial charge in [0.25, 0.3) is 0 Å². The van der Waals surface area contributed by atoms with Crippen LogP contribution >= 0.6 is 27.3 Å². The van der Waals surface area contributed by atoms with E-state index < -0.39 is 22.0 Å². The molecule has 0 saturated carbocycles. The Morgan fingerprint density at radius 2 is 2.06 bits per heavy atom. The van der Waals surface area contributed by atoms with Crippen molar-refractivity contribution < 1.29 is 17.9 Å². The first-order chi connectivity index (χ1) is 8.19. The van der Waals surface area contributed by atoms with Crippen molar-refractivity contribution in [2.75, 3.05) is 4.90 Å². The number of rotatable bonds is 2. The van der Waals surface area contributed by atoms with Gasteiger partial charge in [-0.25, -0.2) is 9.69 Å². The van der Waals surface area contributed by atoms with Crippen molar-refractivity contribution in [3.05, 3.63) is 15.9 Å². The summed E-state index contributed by atoms with van der Waals surface area (Å²) in [5.41, 5.74) is 0.0917. The fraction of sp³-hybridized carbons (Fsp3) is 0.400. The zero-order valence-electron chi connectivity index (χ0n) is 10.0. The molecule has 1 amide bonds. The summed E-state index contributed by atoms with van der Waals surface area (Å²) in [4.78, 5) is 12.9. The highest BCUT2D eigenvalue weighted by atomic mass is 79.9. The van der Waals surface area contributed by atoms with Gasteiger partial charge in [0, 0.05) is 0 Å². The minimum atomic E-state index is -2.49. The van der Waals surface area contributed by atoms with Gasteiger partial charge in [-0.05, 0) is 48.8 Å². The maximum absolute atomic E-state index is 11.9. The lowest BCUT2D eigenvalue weighted by molar-refractivity contribution is 0.0606. The summed E-state index contributed by atoms with van der Waals surface area (Å²) in [6.07, 6.45) is -0.735. The van der Waals surface area contributed by atoms with Crippen molar-refractivity contribution in [1.82, 2.24) is 0 Å². The van der Waals surface area contributed by atoms with E-state index >= 15 is 0 Å². The van der Waals surface area contributed by atoms with Crippen molar-refractivity contribution in [2.24, 2.45) is 0 Å². The number of thiophene rings is 1. The molecule has 0 bridgehead atoms. The van der Waals surface area contributed by atoms with Gasteiger partial charge in [-0.2, -0.15) is 8.42 Å². The number of nitrogens with zero attached hydrogens (tertiary/aromatic N) is 1. The lowest BCUT2D eigenvalue weighted by Crippen LogP contribution is -2.35. The minimum Gasteiger partial charge on any atom is -0.443 e. The summed E-state index contributed by atoms with van der Waals surface area (Å²) < 4.78 is 27.4. The molecular weight excluding hydrogens is 342 g/mol. The average Bonchev–Trinajstić information content (AvgIpc) is 2.57. The predicted octanol–water partition coefficient (Wildman–Crippen LogP) is 2.89. The Kier molecular flexibility index (Phi) is 4.94. The van der Waals surface area contributed by atoms with Gasteiger partial charge in [-0.1, -0.05) is 0 Å².